The third-order valence-electron chi connectivity index (χ3n) is 4.48. The Morgan fingerprint density at radius 2 is 2.22 bits per heavy atom. The molecule has 1 aliphatic carbocycles. The Bertz CT molecular complexity index is 346. The normalized spacial score (nSPS) is 37.6. The summed E-state index contributed by atoms with van der Waals surface area (Å²) in [4.78, 5) is 11.6. The van der Waals surface area contributed by atoms with Crippen LogP contribution in [0.25, 0.3) is 0 Å². The molecule has 18 heavy (non-hydrogen) atoms. The first-order chi connectivity index (χ1) is 8.49. The molecule has 102 valence electrons. The maximum atomic E-state index is 11.6. The van der Waals surface area contributed by atoms with Gasteiger partial charge in [-0.3, -0.25) is 4.79 Å². The van der Waals surface area contributed by atoms with Crippen LogP contribution < -0.4 is 0 Å². The Kier molecular flexibility index (Phi) is 4.10. The zero-order chi connectivity index (χ0) is 13.3. The molecule has 0 aromatic rings. The zero-order valence-electron chi connectivity index (χ0n) is 11.6. The van der Waals surface area contributed by atoms with Crippen molar-refractivity contribution >= 4 is 5.97 Å². The number of esters is 1. The van der Waals surface area contributed by atoms with E-state index in [4.69, 9.17) is 4.74 Å². The topological polar surface area (TPSA) is 46.5 Å². The van der Waals surface area contributed by atoms with Gasteiger partial charge in [0.2, 0.25) is 0 Å². The molecule has 5 unspecified atom stereocenters. The Labute approximate surface area is 109 Å². The van der Waals surface area contributed by atoms with E-state index < -0.39 is 0 Å². The number of hydrogen-bond donors (Lipinski definition) is 1. The van der Waals surface area contributed by atoms with Gasteiger partial charge >= 0.3 is 5.97 Å². The van der Waals surface area contributed by atoms with Crippen molar-refractivity contribution in [3.05, 3.63) is 11.6 Å². The number of allylic oxidation sites excluding steroid dienone is 2. The molecule has 2 rings (SSSR count). The highest BCUT2D eigenvalue weighted by atomic mass is 16.6. The lowest BCUT2D eigenvalue weighted by Gasteiger charge is -2.19. The molecular formula is C15H24O3. The molecule has 5 atom stereocenters. The lowest BCUT2D eigenvalue weighted by atomic mass is 9.87. The minimum absolute atomic E-state index is 0.0296. The Morgan fingerprint density at radius 3 is 2.89 bits per heavy atom. The van der Waals surface area contributed by atoms with E-state index in [1.807, 2.05) is 13.8 Å². The molecular weight excluding hydrogens is 228 g/mol. The second-order valence-electron chi connectivity index (χ2n) is 5.97. The van der Waals surface area contributed by atoms with Gasteiger partial charge in [-0.05, 0) is 38.5 Å². The van der Waals surface area contributed by atoms with Crippen molar-refractivity contribution in [1.29, 1.82) is 0 Å². The highest BCUT2D eigenvalue weighted by Gasteiger charge is 2.42. The van der Waals surface area contributed by atoms with Gasteiger partial charge < -0.3 is 9.84 Å². The number of rotatable bonds is 3. The second-order valence-corrected chi connectivity index (χ2v) is 5.97. The van der Waals surface area contributed by atoms with Crippen LogP contribution in [0.1, 0.15) is 46.5 Å². The third-order valence-corrected chi connectivity index (χ3v) is 4.48. The smallest absolute Gasteiger partial charge is 0.309 e. The van der Waals surface area contributed by atoms with Gasteiger partial charge in [0.15, 0.2) is 0 Å². The molecule has 3 heteroatoms. The Hall–Kier alpha value is -0.830. The summed E-state index contributed by atoms with van der Waals surface area (Å²) in [6.07, 6.45) is 5.81. The highest BCUT2D eigenvalue weighted by molar-refractivity contribution is 5.74. The van der Waals surface area contributed by atoms with E-state index in [-0.39, 0.29) is 24.1 Å². The van der Waals surface area contributed by atoms with Gasteiger partial charge in [-0.15, -0.1) is 0 Å². The minimum Gasteiger partial charge on any atom is -0.462 e. The average Bonchev–Trinajstić information content (AvgIpc) is 2.46. The number of ether oxygens (including phenoxy) is 1. The summed E-state index contributed by atoms with van der Waals surface area (Å²) in [5.41, 5.74) is 1.42. The van der Waals surface area contributed by atoms with E-state index in [2.05, 4.69) is 13.0 Å². The number of carbonyl (C=O) groups is 1. The molecule has 0 aromatic heterocycles. The number of fused-ring (bicyclic) bond motifs is 1. The molecule has 0 amide bonds. The predicted molar refractivity (Wildman–Crippen MR) is 69.9 cm³/mol. The van der Waals surface area contributed by atoms with E-state index in [0.717, 1.165) is 25.7 Å². The molecule has 1 N–H and O–H groups in total. The fraction of sp³-hybridized carbons (Fsp3) is 0.800. The van der Waals surface area contributed by atoms with Gasteiger partial charge in [0, 0.05) is 5.92 Å². The first-order valence-electron chi connectivity index (χ1n) is 7.06. The van der Waals surface area contributed by atoms with Gasteiger partial charge in [-0.25, -0.2) is 0 Å². The van der Waals surface area contributed by atoms with Crippen molar-refractivity contribution < 1.29 is 14.6 Å². The van der Waals surface area contributed by atoms with Crippen LogP contribution in [0.4, 0.5) is 0 Å². The summed E-state index contributed by atoms with van der Waals surface area (Å²) >= 11 is 0. The van der Waals surface area contributed by atoms with E-state index >= 15 is 0 Å². The van der Waals surface area contributed by atoms with Crippen LogP contribution in [0.3, 0.4) is 0 Å². The van der Waals surface area contributed by atoms with Gasteiger partial charge in [-0.1, -0.05) is 25.5 Å². The monoisotopic (exact) mass is 252 g/mol. The van der Waals surface area contributed by atoms with Crippen molar-refractivity contribution in [1.82, 2.24) is 0 Å². The standard InChI is InChI=1S/C15H24O3/c1-9-8-14-13(11(3)15(17)18-14)7-6-12(9)5-4-10(2)16/h6,9-11,13-14,16H,4-5,7-8H2,1-3H3. The maximum Gasteiger partial charge on any atom is 0.309 e. The molecule has 1 aliphatic heterocycles. The largest absolute Gasteiger partial charge is 0.462 e. The maximum absolute atomic E-state index is 11.6. The molecule has 0 radical (unpaired) electrons. The minimum atomic E-state index is -0.238. The molecule has 0 aromatic carbocycles. The van der Waals surface area contributed by atoms with Gasteiger partial charge in [0.05, 0.1) is 12.0 Å². The summed E-state index contributed by atoms with van der Waals surface area (Å²) in [6, 6.07) is 0. The fourth-order valence-corrected chi connectivity index (χ4v) is 3.13. The van der Waals surface area contributed by atoms with Crippen LogP contribution in [0.15, 0.2) is 11.6 Å². The number of hydrogen-bond acceptors (Lipinski definition) is 3. The van der Waals surface area contributed by atoms with Crippen molar-refractivity contribution in [3.8, 4) is 0 Å². The predicted octanol–water partition coefficient (Wildman–Crippen LogP) is 2.68. The lowest BCUT2D eigenvalue weighted by Crippen LogP contribution is -2.19. The molecule has 1 fully saturated rings. The molecule has 1 saturated heterocycles. The number of aliphatic hydroxyl groups excluding tert-OH is 1. The van der Waals surface area contributed by atoms with Gasteiger partial charge in [0.25, 0.3) is 0 Å². The van der Waals surface area contributed by atoms with Gasteiger partial charge in [0.1, 0.15) is 6.10 Å². The first kappa shape index (κ1) is 13.6. The van der Waals surface area contributed by atoms with Crippen LogP contribution in [0, 0.1) is 17.8 Å². The van der Waals surface area contributed by atoms with Crippen molar-refractivity contribution in [2.45, 2.75) is 58.7 Å². The third kappa shape index (κ3) is 2.77. The molecule has 3 nitrogen and oxygen atoms in total. The Morgan fingerprint density at radius 1 is 1.50 bits per heavy atom. The van der Waals surface area contributed by atoms with Crippen LogP contribution in [-0.4, -0.2) is 23.3 Å². The van der Waals surface area contributed by atoms with E-state index in [1.165, 1.54) is 5.57 Å². The summed E-state index contributed by atoms with van der Waals surface area (Å²) in [7, 11) is 0. The second kappa shape index (κ2) is 5.43. The van der Waals surface area contributed by atoms with Crippen molar-refractivity contribution in [2.75, 3.05) is 0 Å². The van der Waals surface area contributed by atoms with Crippen molar-refractivity contribution in [3.63, 3.8) is 0 Å². The average molecular weight is 252 g/mol. The zero-order valence-corrected chi connectivity index (χ0v) is 11.6. The van der Waals surface area contributed by atoms with Crippen LogP contribution >= 0.6 is 0 Å². The van der Waals surface area contributed by atoms with Crippen LogP contribution in [0.5, 0.6) is 0 Å². The molecule has 0 spiro atoms. The molecule has 2 aliphatic rings. The fourth-order valence-electron chi connectivity index (χ4n) is 3.13. The highest BCUT2D eigenvalue weighted by Crippen LogP contribution is 2.39. The quantitative estimate of drug-likeness (QED) is 0.620. The van der Waals surface area contributed by atoms with E-state index in [0.29, 0.717) is 11.8 Å². The SMILES string of the molecule is CC(O)CCC1=CCC2C(CC1C)OC(=O)C2C. The Balaban J connectivity index is 2.03. The summed E-state index contributed by atoms with van der Waals surface area (Å²) in [5, 5.41) is 9.38. The van der Waals surface area contributed by atoms with E-state index in [1.54, 1.807) is 0 Å². The van der Waals surface area contributed by atoms with Crippen LogP contribution in [0.2, 0.25) is 0 Å². The first-order valence-corrected chi connectivity index (χ1v) is 7.06. The van der Waals surface area contributed by atoms with Gasteiger partial charge in [-0.2, -0.15) is 0 Å². The molecule has 0 bridgehead atoms. The summed E-state index contributed by atoms with van der Waals surface area (Å²) < 4.78 is 5.48. The summed E-state index contributed by atoms with van der Waals surface area (Å²) in [5.74, 6) is 0.813. The van der Waals surface area contributed by atoms with Crippen molar-refractivity contribution in [2.24, 2.45) is 17.8 Å². The number of carbonyl (C=O) groups excluding carboxylic acids is 1. The van der Waals surface area contributed by atoms with E-state index in [9.17, 15) is 9.90 Å². The van der Waals surface area contributed by atoms with Crippen LogP contribution in [-0.2, 0) is 9.53 Å². The summed E-state index contributed by atoms with van der Waals surface area (Å²) in [6.45, 7) is 6.01. The molecule has 0 saturated carbocycles. The number of aliphatic hydroxyl groups is 1. The molecule has 1 heterocycles. The lowest BCUT2D eigenvalue weighted by molar-refractivity contribution is -0.144.